The molecule has 1 heterocycles. The minimum absolute atomic E-state index is 0.134. The average molecular weight is 260 g/mol. The Morgan fingerprint density at radius 3 is 2.83 bits per heavy atom. The van der Waals surface area contributed by atoms with Gasteiger partial charge >= 0.3 is 0 Å². The van der Waals surface area contributed by atoms with Crippen molar-refractivity contribution in [3.63, 3.8) is 0 Å². The Labute approximate surface area is 110 Å². The van der Waals surface area contributed by atoms with Gasteiger partial charge in [0, 0.05) is 5.92 Å². The van der Waals surface area contributed by atoms with Crippen LogP contribution in [0.5, 0.6) is 0 Å². The molecule has 0 atom stereocenters. The molecule has 2 aromatic rings. The second kappa shape index (κ2) is 4.35. The highest BCUT2D eigenvalue weighted by Gasteiger charge is 2.25. The lowest BCUT2D eigenvalue weighted by molar-refractivity contribution is -0.122. The number of amides is 1. The molecule has 0 saturated heterocycles. The Bertz CT molecular complexity index is 614. The van der Waals surface area contributed by atoms with Crippen LogP contribution in [0, 0.1) is 19.8 Å². The van der Waals surface area contributed by atoms with Gasteiger partial charge in [-0.2, -0.15) is 0 Å². The van der Waals surface area contributed by atoms with Crippen LogP contribution in [0.15, 0.2) is 12.1 Å². The van der Waals surface area contributed by atoms with E-state index in [1.807, 2.05) is 0 Å². The lowest BCUT2D eigenvalue weighted by Crippen LogP contribution is -2.27. The molecule has 1 aliphatic rings. The molecule has 0 radical (unpaired) electrons. The van der Waals surface area contributed by atoms with Crippen LogP contribution >= 0.6 is 11.3 Å². The molecule has 1 aliphatic carbocycles. The summed E-state index contributed by atoms with van der Waals surface area (Å²) >= 11 is 1.57. The summed E-state index contributed by atoms with van der Waals surface area (Å²) in [4.78, 5) is 16.4. The van der Waals surface area contributed by atoms with E-state index in [0.29, 0.717) is 0 Å². The van der Waals surface area contributed by atoms with Gasteiger partial charge in [0.1, 0.15) is 0 Å². The molecule has 3 rings (SSSR count). The van der Waals surface area contributed by atoms with E-state index >= 15 is 0 Å². The first kappa shape index (κ1) is 11.7. The highest BCUT2D eigenvalue weighted by molar-refractivity contribution is 7.22. The summed E-state index contributed by atoms with van der Waals surface area (Å²) < 4.78 is 1.17. The van der Waals surface area contributed by atoms with Crippen molar-refractivity contribution in [2.24, 2.45) is 5.92 Å². The highest BCUT2D eigenvalue weighted by Crippen LogP contribution is 2.32. The Hall–Kier alpha value is -1.42. The van der Waals surface area contributed by atoms with Crippen LogP contribution in [-0.2, 0) is 4.79 Å². The zero-order valence-corrected chi connectivity index (χ0v) is 11.4. The predicted octanol–water partition coefficient (Wildman–Crippen LogP) is 3.65. The summed E-state index contributed by atoms with van der Waals surface area (Å²) in [6.07, 6.45) is 3.22. The van der Waals surface area contributed by atoms with E-state index in [4.69, 9.17) is 0 Å². The zero-order chi connectivity index (χ0) is 12.7. The quantitative estimate of drug-likeness (QED) is 0.895. The predicted molar refractivity (Wildman–Crippen MR) is 75.1 cm³/mol. The number of thiazole rings is 1. The molecule has 4 heteroatoms. The fourth-order valence-electron chi connectivity index (χ4n) is 2.31. The van der Waals surface area contributed by atoms with E-state index in [2.05, 4.69) is 36.3 Å². The van der Waals surface area contributed by atoms with Crippen molar-refractivity contribution in [3.05, 3.63) is 23.3 Å². The number of aromatic nitrogens is 1. The molecule has 0 aliphatic heterocycles. The van der Waals surface area contributed by atoms with E-state index in [-0.39, 0.29) is 11.8 Å². The first-order chi connectivity index (χ1) is 8.63. The molecular weight excluding hydrogens is 244 g/mol. The van der Waals surface area contributed by atoms with Crippen molar-refractivity contribution in [3.8, 4) is 0 Å². The maximum absolute atomic E-state index is 11.9. The maximum atomic E-state index is 11.9. The molecule has 0 bridgehead atoms. The second-order valence-electron chi connectivity index (χ2n) is 5.07. The third-order valence-corrected chi connectivity index (χ3v) is 4.65. The third kappa shape index (κ3) is 2.01. The summed E-state index contributed by atoms with van der Waals surface area (Å²) in [6.45, 7) is 4.16. The molecule has 1 N–H and O–H groups in total. The maximum Gasteiger partial charge on any atom is 0.229 e. The highest BCUT2D eigenvalue weighted by atomic mass is 32.1. The normalized spacial score (nSPS) is 15.7. The number of hydrogen-bond acceptors (Lipinski definition) is 3. The first-order valence-electron chi connectivity index (χ1n) is 6.32. The van der Waals surface area contributed by atoms with Gasteiger partial charge in [0.2, 0.25) is 5.91 Å². The molecule has 1 fully saturated rings. The van der Waals surface area contributed by atoms with Crippen molar-refractivity contribution in [1.29, 1.82) is 0 Å². The fraction of sp³-hybridized carbons (Fsp3) is 0.429. The molecular formula is C14H16N2OS. The Kier molecular flexibility index (Phi) is 2.82. The molecule has 1 amide bonds. The number of nitrogens with one attached hydrogen (secondary N) is 1. The number of benzene rings is 1. The summed E-state index contributed by atoms with van der Waals surface area (Å²) in [6, 6.07) is 4.22. The van der Waals surface area contributed by atoms with Crippen molar-refractivity contribution >= 4 is 32.6 Å². The van der Waals surface area contributed by atoms with E-state index < -0.39 is 0 Å². The largest absolute Gasteiger partial charge is 0.302 e. The van der Waals surface area contributed by atoms with Gasteiger partial charge in [0.25, 0.3) is 0 Å². The van der Waals surface area contributed by atoms with Crippen LogP contribution < -0.4 is 5.32 Å². The van der Waals surface area contributed by atoms with E-state index in [0.717, 1.165) is 23.5 Å². The minimum atomic E-state index is 0.134. The fourth-order valence-corrected chi connectivity index (χ4v) is 3.23. The Balaban J connectivity index is 1.88. The van der Waals surface area contributed by atoms with Crippen LogP contribution in [0.25, 0.3) is 10.2 Å². The molecule has 3 nitrogen and oxygen atoms in total. The number of hydrogen-bond donors (Lipinski definition) is 1. The standard InChI is InChI=1S/C14H16N2OS/c1-8-6-9(2)12-11(7-8)15-14(18-12)16-13(17)10-4-3-5-10/h6-7,10H,3-5H2,1-2H3,(H,15,16,17). The number of anilines is 1. The van der Waals surface area contributed by atoms with Crippen LogP contribution in [0.3, 0.4) is 0 Å². The third-order valence-electron chi connectivity index (χ3n) is 3.53. The van der Waals surface area contributed by atoms with Gasteiger partial charge in [0.15, 0.2) is 5.13 Å². The zero-order valence-electron chi connectivity index (χ0n) is 10.6. The average Bonchev–Trinajstić information content (AvgIpc) is 2.57. The Morgan fingerprint density at radius 2 is 2.17 bits per heavy atom. The molecule has 1 saturated carbocycles. The summed E-state index contributed by atoms with van der Waals surface area (Å²) in [5.74, 6) is 0.342. The van der Waals surface area contributed by atoms with Crippen LogP contribution in [0.2, 0.25) is 0 Å². The SMILES string of the molecule is Cc1cc(C)c2sc(NC(=O)C3CCC3)nc2c1. The van der Waals surface area contributed by atoms with Crippen LogP contribution in [0.4, 0.5) is 5.13 Å². The van der Waals surface area contributed by atoms with Gasteiger partial charge in [0.05, 0.1) is 10.2 Å². The van der Waals surface area contributed by atoms with E-state index in [1.165, 1.54) is 22.2 Å². The Morgan fingerprint density at radius 1 is 1.39 bits per heavy atom. The van der Waals surface area contributed by atoms with Crippen LogP contribution in [-0.4, -0.2) is 10.9 Å². The molecule has 18 heavy (non-hydrogen) atoms. The summed E-state index contributed by atoms with van der Waals surface area (Å²) in [7, 11) is 0. The van der Waals surface area contributed by atoms with E-state index in [1.54, 1.807) is 11.3 Å². The molecule has 1 aromatic carbocycles. The topological polar surface area (TPSA) is 42.0 Å². The second-order valence-corrected chi connectivity index (χ2v) is 6.07. The summed E-state index contributed by atoms with van der Waals surface area (Å²) in [5, 5.41) is 3.68. The van der Waals surface area contributed by atoms with Gasteiger partial charge in [-0.3, -0.25) is 4.79 Å². The number of carbonyl (C=O) groups is 1. The number of fused-ring (bicyclic) bond motifs is 1. The van der Waals surface area contributed by atoms with Crippen molar-refractivity contribution < 1.29 is 4.79 Å². The number of nitrogens with zero attached hydrogens (tertiary/aromatic N) is 1. The van der Waals surface area contributed by atoms with Gasteiger partial charge in [-0.15, -0.1) is 0 Å². The molecule has 0 unspecified atom stereocenters. The van der Waals surface area contributed by atoms with Gasteiger partial charge in [-0.25, -0.2) is 4.98 Å². The van der Waals surface area contributed by atoms with Crippen LogP contribution in [0.1, 0.15) is 30.4 Å². The summed E-state index contributed by atoms with van der Waals surface area (Å²) in [5.41, 5.74) is 3.43. The minimum Gasteiger partial charge on any atom is -0.302 e. The molecule has 0 spiro atoms. The number of rotatable bonds is 2. The first-order valence-corrected chi connectivity index (χ1v) is 7.14. The molecule has 1 aromatic heterocycles. The van der Waals surface area contributed by atoms with Crippen molar-refractivity contribution in [1.82, 2.24) is 4.98 Å². The lowest BCUT2D eigenvalue weighted by Gasteiger charge is -2.23. The number of carbonyl (C=O) groups excluding carboxylic acids is 1. The smallest absolute Gasteiger partial charge is 0.229 e. The van der Waals surface area contributed by atoms with Crippen molar-refractivity contribution in [2.75, 3.05) is 5.32 Å². The van der Waals surface area contributed by atoms with Gasteiger partial charge in [-0.1, -0.05) is 23.8 Å². The molecule has 94 valence electrons. The monoisotopic (exact) mass is 260 g/mol. The van der Waals surface area contributed by atoms with Gasteiger partial charge in [-0.05, 0) is 43.9 Å². The van der Waals surface area contributed by atoms with Gasteiger partial charge < -0.3 is 5.32 Å². The lowest BCUT2D eigenvalue weighted by atomic mass is 9.85. The van der Waals surface area contributed by atoms with Crippen molar-refractivity contribution in [2.45, 2.75) is 33.1 Å². The number of aryl methyl sites for hydroxylation is 2. The van der Waals surface area contributed by atoms with E-state index in [9.17, 15) is 4.79 Å².